The summed E-state index contributed by atoms with van der Waals surface area (Å²) in [5.74, 6) is -3.05. The van der Waals surface area contributed by atoms with Crippen molar-refractivity contribution in [1.82, 2.24) is 5.32 Å². The molecular weight excluding hydrogens is 620 g/mol. The Bertz CT molecular complexity index is 1980. The molecule has 0 aromatic heterocycles. The maximum atomic E-state index is 14.2. The van der Waals surface area contributed by atoms with Gasteiger partial charge in [0.25, 0.3) is 0 Å². The summed E-state index contributed by atoms with van der Waals surface area (Å²) in [6.45, 7) is 13.9. The van der Waals surface area contributed by atoms with Crippen LogP contribution < -0.4 is 5.32 Å². The lowest BCUT2D eigenvalue weighted by Crippen LogP contribution is -2.26. The standard InChI is InChI=1S/C39H40N4O6/c1-8-11-14-49-32(45)13-12-24-20(5)27-15-26-19(4)22(9-2)29(40-26)17-31-25(18-44)23(10-3)30(41-31)16-28-21(6)33-37(43-28)34(36(24)42-27)35(38(33)46)39(47)48-7/h8-9,11,15-18,20,24,35,42,44H,2,10,12-14H2,1,3-7H3/b11-8-,25-18?,27-15?,28-16?,29-17?,36-34?/t20?,24-,35?/m0/s1. The van der Waals surface area contributed by atoms with Crippen LogP contribution in [0.4, 0.5) is 0 Å². The van der Waals surface area contributed by atoms with Gasteiger partial charge >= 0.3 is 11.9 Å². The Balaban J connectivity index is 1.61. The molecule has 49 heavy (non-hydrogen) atoms. The van der Waals surface area contributed by atoms with Gasteiger partial charge in [-0.25, -0.2) is 15.0 Å². The number of nitrogens with zero attached hydrogens (tertiary/aromatic N) is 3. The highest BCUT2D eigenvalue weighted by Crippen LogP contribution is 2.47. The monoisotopic (exact) mass is 660 g/mol. The van der Waals surface area contributed by atoms with Gasteiger partial charge in [-0.3, -0.25) is 14.4 Å². The second-order valence-corrected chi connectivity index (χ2v) is 12.6. The third-order valence-corrected chi connectivity index (χ3v) is 9.97. The number of aliphatic hydroxyl groups is 1. The highest BCUT2D eigenvalue weighted by atomic mass is 16.5. The zero-order valence-corrected chi connectivity index (χ0v) is 28.6. The Morgan fingerprint density at radius 3 is 2.53 bits per heavy atom. The lowest BCUT2D eigenvalue weighted by atomic mass is 9.85. The van der Waals surface area contributed by atoms with E-state index in [1.165, 1.54) is 7.11 Å². The predicted molar refractivity (Wildman–Crippen MR) is 189 cm³/mol. The van der Waals surface area contributed by atoms with Crippen molar-refractivity contribution < 1.29 is 29.0 Å². The average molecular weight is 661 g/mol. The number of esters is 2. The van der Waals surface area contributed by atoms with Gasteiger partial charge in [-0.15, -0.1) is 0 Å². The molecule has 0 radical (unpaired) electrons. The molecule has 0 spiro atoms. The number of aliphatic imine (C=N–C) groups is 3. The summed E-state index contributed by atoms with van der Waals surface area (Å²) in [4.78, 5) is 55.2. The summed E-state index contributed by atoms with van der Waals surface area (Å²) in [6, 6.07) is 0. The number of hydrogen-bond donors (Lipinski definition) is 2. The van der Waals surface area contributed by atoms with Gasteiger partial charge in [0.1, 0.15) is 12.5 Å². The fourth-order valence-electron chi connectivity index (χ4n) is 7.29. The van der Waals surface area contributed by atoms with Crippen LogP contribution in [0, 0.1) is 17.8 Å². The van der Waals surface area contributed by atoms with E-state index in [2.05, 4.69) is 18.8 Å². The Kier molecular flexibility index (Phi) is 9.07. The van der Waals surface area contributed by atoms with Gasteiger partial charge in [-0.05, 0) is 68.6 Å². The van der Waals surface area contributed by atoms with Crippen LogP contribution in [0.3, 0.4) is 0 Å². The molecular formula is C39H40N4O6. The molecule has 1 saturated heterocycles. The molecule has 252 valence electrons. The van der Waals surface area contributed by atoms with Crippen LogP contribution in [0.15, 0.2) is 132 Å². The Morgan fingerprint density at radius 1 is 1.08 bits per heavy atom. The maximum Gasteiger partial charge on any atom is 0.321 e. The van der Waals surface area contributed by atoms with Crippen LogP contribution in [0.25, 0.3) is 0 Å². The van der Waals surface area contributed by atoms with Crippen LogP contribution in [0.5, 0.6) is 0 Å². The summed E-state index contributed by atoms with van der Waals surface area (Å²) >= 11 is 0. The Hall–Kier alpha value is -5.38. The minimum absolute atomic E-state index is 0.136. The molecule has 0 aromatic rings. The highest BCUT2D eigenvalue weighted by molar-refractivity contribution is 6.42. The van der Waals surface area contributed by atoms with Crippen molar-refractivity contribution >= 4 is 34.9 Å². The third kappa shape index (κ3) is 5.54. The van der Waals surface area contributed by atoms with Crippen LogP contribution in [0.2, 0.25) is 0 Å². The largest absolute Gasteiger partial charge is 0.515 e. The number of Topliss-reactive ketones (excluding diaryl/α,β-unsaturated/α-hetero) is 1. The molecule has 2 N–H and O–H groups in total. The minimum atomic E-state index is -1.22. The van der Waals surface area contributed by atoms with Crippen molar-refractivity contribution in [3.63, 3.8) is 0 Å². The molecule has 1 saturated carbocycles. The minimum Gasteiger partial charge on any atom is -0.515 e. The number of methoxy groups -OCH3 is 1. The van der Waals surface area contributed by atoms with E-state index in [-0.39, 0.29) is 36.6 Å². The van der Waals surface area contributed by atoms with E-state index in [0.29, 0.717) is 75.1 Å². The van der Waals surface area contributed by atoms with Gasteiger partial charge in [0, 0.05) is 51.9 Å². The molecule has 8 bridgehead atoms. The topological polar surface area (TPSA) is 139 Å². The summed E-state index contributed by atoms with van der Waals surface area (Å²) in [6.07, 6.45) is 13.2. The number of carbonyl (C=O) groups excluding carboxylic acids is 3. The lowest BCUT2D eigenvalue weighted by molar-refractivity contribution is -0.146. The summed E-state index contributed by atoms with van der Waals surface area (Å²) in [5, 5.41) is 13.9. The number of ketones is 1. The quantitative estimate of drug-likeness (QED) is 0.134. The number of hydrogen-bond acceptors (Lipinski definition) is 10. The van der Waals surface area contributed by atoms with Gasteiger partial charge < -0.3 is 19.9 Å². The van der Waals surface area contributed by atoms with Crippen molar-refractivity contribution in [2.75, 3.05) is 13.7 Å². The van der Waals surface area contributed by atoms with E-state index in [1.807, 2.05) is 52.0 Å². The summed E-state index contributed by atoms with van der Waals surface area (Å²) < 4.78 is 10.6. The van der Waals surface area contributed by atoms with Gasteiger partial charge in [0.05, 0.1) is 47.6 Å². The van der Waals surface area contributed by atoms with Gasteiger partial charge in [0.2, 0.25) is 0 Å². The molecule has 2 unspecified atom stereocenters. The van der Waals surface area contributed by atoms with Crippen LogP contribution in [-0.4, -0.2) is 53.7 Å². The highest BCUT2D eigenvalue weighted by Gasteiger charge is 2.51. The third-order valence-electron chi connectivity index (χ3n) is 9.97. The van der Waals surface area contributed by atoms with E-state index in [1.54, 1.807) is 12.2 Å². The van der Waals surface area contributed by atoms with Crippen LogP contribution >= 0.6 is 0 Å². The van der Waals surface area contributed by atoms with Crippen molar-refractivity contribution in [2.45, 2.75) is 53.9 Å². The molecule has 6 rings (SSSR count). The number of nitrogens with one attached hydrogen (secondary N) is 1. The number of allylic oxidation sites excluding steroid dienone is 12. The first kappa shape index (κ1) is 33.5. The van der Waals surface area contributed by atoms with Crippen molar-refractivity contribution in [2.24, 2.45) is 32.7 Å². The average Bonchev–Trinajstić information content (AvgIpc) is 3.84. The molecule has 3 atom stereocenters. The fourth-order valence-corrected chi connectivity index (χ4v) is 7.29. The number of fused-ring (bicyclic) bond motifs is 5. The zero-order chi connectivity index (χ0) is 35.1. The van der Waals surface area contributed by atoms with Crippen molar-refractivity contribution in [1.29, 1.82) is 0 Å². The molecule has 1 aliphatic carbocycles. The second-order valence-electron chi connectivity index (χ2n) is 12.6. The fraction of sp³-hybridized carbons (Fsp3) is 0.333. The summed E-state index contributed by atoms with van der Waals surface area (Å²) in [5.41, 5.74) is 9.53. The molecule has 6 aliphatic rings. The molecule has 5 aliphatic heterocycles. The number of aliphatic hydroxyl groups excluding tert-OH is 1. The predicted octanol–water partition coefficient (Wildman–Crippen LogP) is 6.32. The first-order valence-electron chi connectivity index (χ1n) is 16.5. The molecule has 0 aromatic carbocycles. The normalized spacial score (nSPS) is 25.1. The second kappa shape index (κ2) is 13.3. The number of rotatable bonds is 8. The van der Waals surface area contributed by atoms with E-state index in [0.717, 1.165) is 28.7 Å². The van der Waals surface area contributed by atoms with Gasteiger partial charge in [-0.2, -0.15) is 0 Å². The first-order chi connectivity index (χ1) is 23.6. The Labute approximate surface area is 285 Å². The van der Waals surface area contributed by atoms with E-state index >= 15 is 0 Å². The maximum absolute atomic E-state index is 14.2. The number of ether oxygens (including phenoxy) is 2. The molecule has 5 heterocycles. The van der Waals surface area contributed by atoms with E-state index < -0.39 is 11.9 Å². The van der Waals surface area contributed by atoms with Crippen LogP contribution in [-0.2, 0) is 23.9 Å². The lowest BCUT2D eigenvalue weighted by Gasteiger charge is -2.19. The van der Waals surface area contributed by atoms with E-state index in [4.69, 9.17) is 24.5 Å². The van der Waals surface area contributed by atoms with Gasteiger partial charge in [0.15, 0.2) is 5.78 Å². The zero-order valence-electron chi connectivity index (χ0n) is 28.6. The molecule has 2 fully saturated rings. The smallest absolute Gasteiger partial charge is 0.321 e. The van der Waals surface area contributed by atoms with Gasteiger partial charge in [-0.1, -0.05) is 38.7 Å². The van der Waals surface area contributed by atoms with Crippen LogP contribution in [0.1, 0.15) is 53.9 Å². The Morgan fingerprint density at radius 2 is 1.86 bits per heavy atom. The van der Waals surface area contributed by atoms with Crippen molar-refractivity contribution in [3.8, 4) is 0 Å². The molecule has 10 nitrogen and oxygen atoms in total. The molecule has 0 amide bonds. The SMILES string of the molecule is C=CC1=C(C)C2=NC1=CC1=NC(=C(CC)C1=CO)C=C1N=C3C(=C1C)C(=O)C(C(=O)OC)C3=C1NC(=C2)C(C)[C@@H]1CCC(=O)OC/C=C\C. The molecule has 10 heteroatoms. The van der Waals surface area contributed by atoms with Crippen molar-refractivity contribution in [3.05, 3.63) is 117 Å². The van der Waals surface area contributed by atoms with E-state index in [9.17, 15) is 19.5 Å². The summed E-state index contributed by atoms with van der Waals surface area (Å²) in [7, 11) is 1.27. The first-order valence-corrected chi connectivity index (χ1v) is 16.5. The number of carbonyl (C=O) groups is 3.